The summed E-state index contributed by atoms with van der Waals surface area (Å²) in [6.07, 6.45) is 14.1. The molecular formula is C26H43P. The second-order valence-electron chi connectivity index (χ2n) is 11.4. The van der Waals surface area contributed by atoms with Crippen molar-refractivity contribution in [3.8, 4) is 0 Å². The van der Waals surface area contributed by atoms with Gasteiger partial charge in [-0.15, -0.1) is 9.24 Å². The summed E-state index contributed by atoms with van der Waals surface area (Å²) in [5.74, 6) is 1.55. The predicted molar refractivity (Wildman–Crippen MR) is 125 cm³/mol. The van der Waals surface area contributed by atoms with Crippen LogP contribution in [0.3, 0.4) is 0 Å². The summed E-state index contributed by atoms with van der Waals surface area (Å²) in [7, 11) is 3.15. The molecule has 0 saturated heterocycles. The molecule has 2 saturated carbocycles. The van der Waals surface area contributed by atoms with E-state index in [2.05, 4.69) is 56.8 Å². The van der Waals surface area contributed by atoms with E-state index in [4.69, 9.17) is 0 Å². The summed E-state index contributed by atoms with van der Waals surface area (Å²) in [5.41, 5.74) is 7.28. The zero-order chi connectivity index (χ0) is 19.8. The van der Waals surface area contributed by atoms with Crippen LogP contribution in [-0.4, -0.2) is 0 Å². The Hall–Kier alpha value is -0.350. The molecule has 2 fully saturated rings. The van der Waals surface area contributed by atoms with Crippen molar-refractivity contribution in [1.29, 1.82) is 0 Å². The molecule has 0 N–H and O–H groups in total. The maximum Gasteiger partial charge on any atom is -0.0126 e. The molecule has 0 spiro atoms. The van der Waals surface area contributed by atoms with Gasteiger partial charge in [-0.1, -0.05) is 86.1 Å². The lowest BCUT2D eigenvalue weighted by atomic mass is 9.66. The monoisotopic (exact) mass is 386 g/mol. The van der Waals surface area contributed by atoms with E-state index in [1.165, 1.54) is 69.5 Å². The third kappa shape index (κ3) is 4.63. The first-order valence-corrected chi connectivity index (χ1v) is 12.2. The molecule has 0 aromatic heterocycles. The molecule has 0 aliphatic heterocycles. The number of rotatable bonds is 2. The maximum atomic E-state index is 3.15. The van der Waals surface area contributed by atoms with Gasteiger partial charge in [-0.2, -0.15) is 0 Å². The average Bonchev–Trinajstić information content (AvgIpc) is 2.60. The van der Waals surface area contributed by atoms with Crippen molar-refractivity contribution >= 4 is 14.5 Å². The van der Waals surface area contributed by atoms with E-state index in [1.807, 2.05) is 0 Å². The van der Waals surface area contributed by atoms with Crippen molar-refractivity contribution in [2.45, 2.75) is 128 Å². The normalized spacial score (nSPS) is 20.9. The number of hydrogen-bond acceptors (Lipinski definition) is 0. The Bertz CT molecular complexity index is 644. The van der Waals surface area contributed by atoms with Gasteiger partial charge in [0.2, 0.25) is 0 Å². The van der Waals surface area contributed by atoms with Crippen LogP contribution in [0.4, 0.5) is 0 Å². The molecule has 0 heterocycles. The molecule has 3 rings (SSSR count). The van der Waals surface area contributed by atoms with Crippen LogP contribution in [0.2, 0.25) is 0 Å². The second kappa shape index (κ2) is 8.18. The van der Waals surface area contributed by atoms with Crippen LogP contribution in [0.1, 0.15) is 140 Å². The molecular weight excluding hydrogens is 343 g/mol. The molecule has 1 unspecified atom stereocenters. The van der Waals surface area contributed by atoms with Crippen LogP contribution in [0.5, 0.6) is 0 Å². The van der Waals surface area contributed by atoms with Crippen molar-refractivity contribution in [3.63, 3.8) is 0 Å². The first-order valence-electron chi connectivity index (χ1n) is 11.6. The fourth-order valence-electron chi connectivity index (χ4n) is 5.81. The van der Waals surface area contributed by atoms with Crippen LogP contribution in [0.25, 0.3) is 0 Å². The van der Waals surface area contributed by atoms with E-state index >= 15 is 0 Å². The van der Waals surface area contributed by atoms with E-state index in [-0.39, 0.29) is 10.8 Å². The van der Waals surface area contributed by atoms with E-state index < -0.39 is 0 Å². The molecule has 27 heavy (non-hydrogen) atoms. The molecule has 152 valence electrons. The smallest absolute Gasteiger partial charge is 0.0126 e. The summed E-state index contributed by atoms with van der Waals surface area (Å²) < 4.78 is 0. The Morgan fingerprint density at radius 2 is 1.11 bits per heavy atom. The summed E-state index contributed by atoms with van der Waals surface area (Å²) >= 11 is 0. The molecule has 1 atom stereocenters. The number of hydrogen-bond donors (Lipinski definition) is 0. The first kappa shape index (κ1) is 21.4. The maximum absolute atomic E-state index is 3.15. The van der Waals surface area contributed by atoms with Gasteiger partial charge in [0.15, 0.2) is 0 Å². The van der Waals surface area contributed by atoms with Gasteiger partial charge in [-0.25, -0.2) is 0 Å². The molecule has 1 aromatic carbocycles. The first-order chi connectivity index (χ1) is 12.6. The summed E-state index contributed by atoms with van der Waals surface area (Å²) in [5, 5.41) is 1.50. The van der Waals surface area contributed by atoms with Crippen molar-refractivity contribution in [2.24, 2.45) is 0 Å². The van der Waals surface area contributed by atoms with Gasteiger partial charge in [0.1, 0.15) is 0 Å². The van der Waals surface area contributed by atoms with Crippen LogP contribution >= 0.6 is 9.24 Å². The Kier molecular flexibility index (Phi) is 6.47. The molecule has 0 radical (unpaired) electrons. The van der Waals surface area contributed by atoms with E-state index in [0.717, 1.165) is 11.8 Å². The molecule has 2 aliphatic carbocycles. The number of benzene rings is 1. The van der Waals surface area contributed by atoms with Gasteiger partial charge in [0.25, 0.3) is 0 Å². The standard InChI is InChI=1S/C26H43P/c1-25(2,3)20-17-21(27)23(19-15-11-8-12-16-19)24(26(4,5)6)22(20)18-13-9-7-10-14-18/h17-19H,7-16,27H2,1-6H3. The van der Waals surface area contributed by atoms with E-state index in [9.17, 15) is 0 Å². The van der Waals surface area contributed by atoms with Gasteiger partial charge in [-0.05, 0) is 75.9 Å². The van der Waals surface area contributed by atoms with Gasteiger partial charge in [0, 0.05) is 0 Å². The van der Waals surface area contributed by atoms with Crippen LogP contribution in [0, 0.1) is 0 Å². The predicted octanol–water partition coefficient (Wildman–Crippen LogP) is 7.88. The van der Waals surface area contributed by atoms with Crippen LogP contribution in [-0.2, 0) is 10.8 Å². The minimum Gasteiger partial charge on any atom is -0.105 e. The molecule has 0 bridgehead atoms. The SMILES string of the molecule is CC(C)(C)c1cc(P)c(C2CCCCC2)c(C(C)(C)C)c1C1CCCCC1. The molecule has 1 aromatic rings. The van der Waals surface area contributed by atoms with E-state index in [0.29, 0.717) is 0 Å². The minimum absolute atomic E-state index is 0.212. The zero-order valence-corrected chi connectivity index (χ0v) is 20.0. The molecule has 0 amide bonds. The highest BCUT2D eigenvalue weighted by Gasteiger charge is 2.35. The second-order valence-corrected chi connectivity index (χ2v) is 12.0. The van der Waals surface area contributed by atoms with Crippen molar-refractivity contribution in [2.75, 3.05) is 0 Å². The van der Waals surface area contributed by atoms with Crippen LogP contribution < -0.4 is 5.30 Å². The molecule has 0 nitrogen and oxygen atoms in total. The Labute approximate surface area is 171 Å². The minimum atomic E-state index is 0.212. The van der Waals surface area contributed by atoms with Gasteiger partial charge in [-0.3, -0.25) is 0 Å². The average molecular weight is 387 g/mol. The van der Waals surface area contributed by atoms with Crippen molar-refractivity contribution in [1.82, 2.24) is 0 Å². The Balaban J connectivity index is 2.28. The fourth-order valence-corrected chi connectivity index (χ4v) is 6.36. The lowest BCUT2D eigenvalue weighted by molar-refractivity contribution is 0.414. The fraction of sp³-hybridized carbons (Fsp3) is 0.769. The van der Waals surface area contributed by atoms with Gasteiger partial charge < -0.3 is 0 Å². The molecule has 1 heteroatoms. The highest BCUT2D eigenvalue weighted by atomic mass is 31.0. The highest BCUT2D eigenvalue weighted by molar-refractivity contribution is 7.27. The topological polar surface area (TPSA) is 0 Å². The quantitative estimate of drug-likeness (QED) is 0.453. The summed E-state index contributed by atoms with van der Waals surface area (Å²) in [6, 6.07) is 2.58. The highest BCUT2D eigenvalue weighted by Crippen LogP contribution is 2.47. The van der Waals surface area contributed by atoms with Crippen molar-refractivity contribution < 1.29 is 0 Å². The largest absolute Gasteiger partial charge is 0.105 e. The Morgan fingerprint density at radius 1 is 0.667 bits per heavy atom. The lowest BCUT2D eigenvalue weighted by Crippen LogP contribution is -2.30. The third-order valence-corrected chi connectivity index (χ3v) is 7.50. The van der Waals surface area contributed by atoms with Crippen molar-refractivity contribution in [3.05, 3.63) is 28.3 Å². The summed E-state index contributed by atoms with van der Waals surface area (Å²) in [4.78, 5) is 0. The lowest BCUT2D eigenvalue weighted by Gasteiger charge is -2.40. The van der Waals surface area contributed by atoms with Gasteiger partial charge >= 0.3 is 0 Å². The summed E-state index contributed by atoms with van der Waals surface area (Å²) in [6.45, 7) is 14.7. The Morgan fingerprint density at radius 3 is 1.52 bits per heavy atom. The van der Waals surface area contributed by atoms with E-state index in [1.54, 1.807) is 22.3 Å². The van der Waals surface area contributed by atoms with Gasteiger partial charge in [0.05, 0.1) is 0 Å². The zero-order valence-electron chi connectivity index (χ0n) is 18.9. The van der Waals surface area contributed by atoms with Crippen LogP contribution in [0.15, 0.2) is 6.07 Å². The molecule has 2 aliphatic rings. The third-order valence-electron chi connectivity index (χ3n) is 7.02.